The molecule has 52 heavy (non-hydrogen) atoms. The lowest BCUT2D eigenvalue weighted by molar-refractivity contribution is -0.137. The Morgan fingerprint density at radius 2 is 1.40 bits per heavy atom. The number of aryl methyl sites for hydroxylation is 1. The Morgan fingerprint density at radius 3 is 1.92 bits per heavy atom. The third-order valence-electron chi connectivity index (χ3n) is 8.65. The number of hydrogen-bond acceptors (Lipinski definition) is 8. The zero-order chi connectivity index (χ0) is 38.7. The predicted molar refractivity (Wildman–Crippen MR) is 200 cm³/mol. The molecule has 14 heteroatoms. The molecule has 0 heterocycles. The molecule has 296 valence electrons. The van der Waals surface area contributed by atoms with Crippen LogP contribution in [0.4, 0.5) is 0 Å². The highest BCUT2D eigenvalue weighted by Crippen LogP contribution is 2.17. The van der Waals surface area contributed by atoms with E-state index in [1.54, 1.807) is 46.9 Å². The van der Waals surface area contributed by atoms with Gasteiger partial charge < -0.3 is 41.5 Å². The van der Waals surface area contributed by atoms with Gasteiger partial charge in [-0.25, -0.2) is 0 Å². The van der Waals surface area contributed by atoms with E-state index in [0.29, 0.717) is 31.6 Å². The van der Waals surface area contributed by atoms with Crippen LogP contribution >= 0.6 is 0 Å². The lowest BCUT2D eigenvalue weighted by Gasteiger charge is -2.30. The Hall–Kier alpha value is -4.20. The Kier molecular flexibility index (Phi) is 22.9. The van der Waals surface area contributed by atoms with Crippen molar-refractivity contribution in [2.75, 3.05) is 13.7 Å². The van der Waals surface area contributed by atoms with E-state index in [4.69, 9.17) is 9.84 Å². The van der Waals surface area contributed by atoms with Gasteiger partial charge in [-0.15, -0.1) is 0 Å². The summed E-state index contributed by atoms with van der Waals surface area (Å²) in [6.45, 7) is 13.3. The monoisotopic (exact) mass is 735 g/mol. The summed E-state index contributed by atoms with van der Waals surface area (Å²) in [6, 6.07) is 3.57. The number of aliphatic carboxylic acids is 1. The molecule has 0 aliphatic carbocycles. The van der Waals surface area contributed by atoms with E-state index in [2.05, 4.69) is 26.6 Å². The molecule has 1 aromatic rings. The number of aliphatic hydroxyl groups excluding tert-OH is 1. The first-order valence-electron chi connectivity index (χ1n) is 18.0. The summed E-state index contributed by atoms with van der Waals surface area (Å²) >= 11 is 0. The van der Waals surface area contributed by atoms with Gasteiger partial charge in [0.25, 0.3) is 0 Å². The number of carboxylic acids is 1. The normalized spacial score (nSPS) is 14.4. The fourth-order valence-corrected chi connectivity index (χ4v) is 5.47. The van der Waals surface area contributed by atoms with Crippen LogP contribution < -0.4 is 31.3 Å². The smallest absolute Gasteiger partial charge is 0.303 e. The molecule has 0 bridgehead atoms. The Bertz CT molecular complexity index is 1270. The van der Waals surface area contributed by atoms with Crippen molar-refractivity contribution in [3.05, 3.63) is 29.8 Å². The molecular formula is C38H65N5O9. The summed E-state index contributed by atoms with van der Waals surface area (Å²) in [5.74, 6) is -3.33. The summed E-state index contributed by atoms with van der Waals surface area (Å²) in [5.41, 5.74) is 0.885. The van der Waals surface area contributed by atoms with E-state index in [-0.39, 0.29) is 63.2 Å². The maximum Gasteiger partial charge on any atom is 0.303 e. The van der Waals surface area contributed by atoms with Crippen molar-refractivity contribution >= 4 is 35.5 Å². The van der Waals surface area contributed by atoms with Gasteiger partial charge in [0.05, 0.1) is 25.7 Å². The van der Waals surface area contributed by atoms with Gasteiger partial charge in [0, 0.05) is 19.4 Å². The lowest BCUT2D eigenvalue weighted by Crippen LogP contribution is -2.58. The van der Waals surface area contributed by atoms with E-state index in [0.717, 1.165) is 5.56 Å². The molecule has 1 aromatic carbocycles. The second-order valence-corrected chi connectivity index (χ2v) is 13.8. The van der Waals surface area contributed by atoms with Gasteiger partial charge in [-0.3, -0.25) is 28.8 Å². The molecule has 7 N–H and O–H groups in total. The maximum absolute atomic E-state index is 13.9. The average molecular weight is 736 g/mol. The van der Waals surface area contributed by atoms with E-state index in [9.17, 15) is 33.9 Å². The van der Waals surface area contributed by atoms with E-state index < -0.39 is 59.9 Å². The molecule has 0 unspecified atom stereocenters. The highest BCUT2D eigenvalue weighted by atomic mass is 16.5. The van der Waals surface area contributed by atoms with Crippen LogP contribution in [0.2, 0.25) is 0 Å². The summed E-state index contributed by atoms with van der Waals surface area (Å²) in [5, 5.41) is 34.0. The van der Waals surface area contributed by atoms with Crippen LogP contribution in [0.5, 0.6) is 5.75 Å². The van der Waals surface area contributed by atoms with Crippen LogP contribution in [0, 0.1) is 17.8 Å². The fraction of sp³-hybridized carbons (Fsp3) is 0.684. The standard InChI is InChI=1S/C37H61N5O9.CH4/c1-9-24(7)34(41-30(44)12-11-13-32(46)47)37(50)39-27(19-16-25-14-17-26(51-8)18-15-25)35(48)40-28(20-22(3)4)29(43)21-31(45)42-33(23(5)6)36(49)38-10-2;/h14-15,17-18,22-24,27-29,33-34,43H,9-13,16,19-21H2,1-8H3,(H,38,49)(H,39,50)(H,40,48)(H,41,44)(H,42,45)(H,46,47);1H4/t24-,27-,28-,29-,33-,34-;/m0./s1. The van der Waals surface area contributed by atoms with Crippen molar-refractivity contribution in [3.63, 3.8) is 0 Å². The largest absolute Gasteiger partial charge is 0.497 e. The molecular weight excluding hydrogens is 670 g/mol. The Labute approximate surface area is 310 Å². The quantitative estimate of drug-likeness (QED) is 0.0830. The number of hydrogen-bond donors (Lipinski definition) is 7. The van der Waals surface area contributed by atoms with Gasteiger partial charge in [0.2, 0.25) is 29.5 Å². The highest BCUT2D eigenvalue weighted by Gasteiger charge is 2.33. The number of likely N-dealkylation sites (N-methyl/N-ethyl adjacent to an activating group) is 1. The van der Waals surface area contributed by atoms with Crippen molar-refractivity contribution in [2.45, 2.75) is 138 Å². The first-order valence-corrected chi connectivity index (χ1v) is 18.0. The van der Waals surface area contributed by atoms with Gasteiger partial charge >= 0.3 is 5.97 Å². The van der Waals surface area contributed by atoms with E-state index in [1.807, 2.05) is 32.9 Å². The van der Waals surface area contributed by atoms with Gasteiger partial charge in [0.15, 0.2) is 0 Å². The second kappa shape index (κ2) is 24.9. The third kappa shape index (κ3) is 17.8. The zero-order valence-electron chi connectivity index (χ0n) is 31.5. The molecule has 0 aliphatic heterocycles. The molecule has 1 rings (SSSR count). The van der Waals surface area contributed by atoms with Crippen molar-refractivity contribution < 1.29 is 43.7 Å². The number of ether oxygens (including phenoxy) is 1. The number of benzene rings is 1. The van der Waals surface area contributed by atoms with Gasteiger partial charge in [-0.1, -0.05) is 67.5 Å². The molecule has 14 nitrogen and oxygen atoms in total. The number of aliphatic hydroxyl groups is 1. The van der Waals surface area contributed by atoms with Crippen LogP contribution in [0.25, 0.3) is 0 Å². The molecule has 0 aliphatic rings. The van der Waals surface area contributed by atoms with Gasteiger partial charge in [-0.05, 0) is 68.1 Å². The van der Waals surface area contributed by atoms with E-state index in [1.165, 1.54) is 0 Å². The number of rotatable bonds is 24. The number of amides is 5. The molecule has 6 atom stereocenters. The predicted octanol–water partition coefficient (Wildman–Crippen LogP) is 3.09. The highest BCUT2D eigenvalue weighted by molar-refractivity contribution is 5.92. The first kappa shape index (κ1) is 47.8. The summed E-state index contributed by atoms with van der Waals surface area (Å²) < 4.78 is 5.24. The molecule has 0 radical (unpaired) electrons. The minimum Gasteiger partial charge on any atom is -0.497 e. The molecule has 0 aromatic heterocycles. The maximum atomic E-state index is 13.9. The summed E-state index contributed by atoms with van der Waals surface area (Å²) in [4.78, 5) is 76.7. The average Bonchev–Trinajstić information content (AvgIpc) is 3.06. The van der Waals surface area contributed by atoms with Crippen LogP contribution in [-0.4, -0.2) is 89.6 Å². The second-order valence-electron chi connectivity index (χ2n) is 13.8. The molecule has 5 amide bonds. The van der Waals surface area contributed by atoms with Crippen molar-refractivity contribution in [1.29, 1.82) is 0 Å². The summed E-state index contributed by atoms with van der Waals surface area (Å²) in [6.07, 6.45) is -0.363. The topological polar surface area (TPSA) is 212 Å². The zero-order valence-corrected chi connectivity index (χ0v) is 31.5. The van der Waals surface area contributed by atoms with Gasteiger partial charge in [-0.2, -0.15) is 0 Å². The number of methoxy groups -OCH3 is 1. The van der Waals surface area contributed by atoms with Crippen molar-refractivity contribution in [3.8, 4) is 5.75 Å². The molecule has 0 fully saturated rings. The molecule has 0 spiro atoms. The van der Waals surface area contributed by atoms with Crippen molar-refractivity contribution in [2.24, 2.45) is 17.8 Å². The van der Waals surface area contributed by atoms with Crippen LogP contribution in [-0.2, 0) is 35.2 Å². The van der Waals surface area contributed by atoms with Crippen LogP contribution in [0.1, 0.15) is 106 Å². The number of nitrogens with one attached hydrogen (secondary N) is 5. The Morgan fingerprint density at radius 1 is 0.788 bits per heavy atom. The minimum atomic E-state index is -1.30. The van der Waals surface area contributed by atoms with Crippen molar-refractivity contribution in [1.82, 2.24) is 26.6 Å². The number of carbonyl (C=O) groups excluding carboxylic acids is 5. The van der Waals surface area contributed by atoms with Gasteiger partial charge in [0.1, 0.15) is 23.9 Å². The Balaban J connectivity index is 0.0000260. The minimum absolute atomic E-state index is 0. The SMILES string of the molecule is C.CCNC(=O)[C@@H](NC(=O)C[C@H](O)[C@H](CC(C)C)NC(=O)[C@H](CCc1ccc(OC)cc1)NC(=O)[C@@H](NC(=O)CCCC(=O)O)[C@@H](C)CC)C(C)C. The molecule has 0 saturated carbocycles. The van der Waals surface area contributed by atoms with E-state index >= 15 is 0 Å². The lowest BCUT2D eigenvalue weighted by atomic mass is 9.95. The number of carboxylic acid groups (broad SMARTS) is 1. The van der Waals surface area contributed by atoms with Crippen LogP contribution in [0.15, 0.2) is 24.3 Å². The number of carbonyl (C=O) groups is 6. The first-order chi connectivity index (χ1) is 24.0. The van der Waals surface area contributed by atoms with Crippen LogP contribution in [0.3, 0.4) is 0 Å². The third-order valence-corrected chi connectivity index (χ3v) is 8.65. The molecule has 0 saturated heterocycles. The fourth-order valence-electron chi connectivity index (χ4n) is 5.47. The summed E-state index contributed by atoms with van der Waals surface area (Å²) in [7, 11) is 1.56.